The highest BCUT2D eigenvalue weighted by Crippen LogP contribution is 2.58. The van der Waals surface area contributed by atoms with Gasteiger partial charge in [-0.05, 0) is 68.9 Å². The normalized spacial score (nSPS) is 31.8. The van der Waals surface area contributed by atoms with E-state index in [4.69, 9.17) is 14.2 Å². The quantitative estimate of drug-likeness (QED) is 0.432. The average Bonchev–Trinajstić information content (AvgIpc) is 3.81. The van der Waals surface area contributed by atoms with Crippen LogP contribution in [0.5, 0.6) is 11.5 Å². The monoisotopic (exact) mass is 654 g/mol. The molecule has 0 bridgehead atoms. The number of sulfone groups is 1. The standard InChI is InChI=1S/C34H42N2O9S/c1-35-12-6-4-2-3-5-7-22-15-34(22,30(38)19-46(41,42)24-9-10-24)16-28(37)25-13-23(14-26(25)32(35)39)45-33(40)36-17-21-8-11-29-31(27(21)18-36)44-20-43-29/h5,7-8,11,22-26H,2-4,6,9-10,12-20H2,1H3/b7-5-/t22-,23-,25-,26?,34-/m1/s1. The Morgan fingerprint density at radius 1 is 1.04 bits per heavy atom. The molecule has 0 N–H and O–H groups in total. The van der Waals surface area contributed by atoms with Crippen molar-refractivity contribution in [2.45, 2.75) is 88.7 Å². The molecule has 2 amide bonds. The number of ether oxygens (including phenoxy) is 3. The lowest BCUT2D eigenvalue weighted by molar-refractivity contribution is -0.140. The molecule has 1 aromatic carbocycles. The second-order valence-electron chi connectivity index (χ2n) is 14.1. The topological polar surface area (TPSA) is 137 Å². The zero-order valence-electron chi connectivity index (χ0n) is 26.3. The Labute approximate surface area is 269 Å². The summed E-state index contributed by atoms with van der Waals surface area (Å²) in [6.07, 6.45) is 8.31. The van der Waals surface area contributed by atoms with E-state index in [1.54, 1.807) is 16.8 Å². The number of carbonyl (C=O) groups excluding carboxylic acids is 4. The van der Waals surface area contributed by atoms with Gasteiger partial charge in [-0.25, -0.2) is 13.2 Å². The van der Waals surface area contributed by atoms with E-state index in [1.807, 2.05) is 24.3 Å². The fraction of sp³-hybridized carbons (Fsp3) is 0.647. The highest BCUT2D eigenvalue weighted by molar-refractivity contribution is 7.93. The maximum absolute atomic E-state index is 14.1. The smallest absolute Gasteiger partial charge is 0.410 e. The zero-order chi connectivity index (χ0) is 32.2. The van der Waals surface area contributed by atoms with Gasteiger partial charge in [0.15, 0.2) is 27.1 Å². The van der Waals surface area contributed by atoms with Crippen molar-refractivity contribution in [2.24, 2.45) is 23.2 Å². The molecular formula is C34H42N2O9S. The summed E-state index contributed by atoms with van der Waals surface area (Å²) in [5.41, 5.74) is 0.786. The molecule has 0 radical (unpaired) electrons. The Morgan fingerprint density at radius 2 is 1.85 bits per heavy atom. The first-order valence-corrected chi connectivity index (χ1v) is 18.3. The van der Waals surface area contributed by atoms with Gasteiger partial charge in [-0.15, -0.1) is 0 Å². The third-order valence-electron chi connectivity index (χ3n) is 10.9. The molecule has 12 heteroatoms. The summed E-state index contributed by atoms with van der Waals surface area (Å²) in [5, 5.41) is -0.452. The van der Waals surface area contributed by atoms with Gasteiger partial charge < -0.3 is 19.1 Å². The van der Waals surface area contributed by atoms with Crippen molar-refractivity contribution >= 4 is 33.4 Å². The SMILES string of the molecule is CN1CCCCC/C=C\[C@@H]2C[C@@]2(C(=O)CS(=O)(=O)C2CC2)CC(=O)[C@@H]2C[C@@H](OC(=O)N3Cc4ccc5c(c4C3)OCO5)CC2C1=O. The minimum atomic E-state index is -3.54. The summed E-state index contributed by atoms with van der Waals surface area (Å²) in [5.74, 6) is -1.61. The second kappa shape index (κ2) is 12.0. The molecule has 3 heterocycles. The highest BCUT2D eigenvalue weighted by atomic mass is 32.2. The second-order valence-corrected chi connectivity index (χ2v) is 16.3. The van der Waals surface area contributed by atoms with Crippen molar-refractivity contribution < 1.29 is 41.8 Å². The molecule has 11 nitrogen and oxygen atoms in total. The van der Waals surface area contributed by atoms with E-state index >= 15 is 0 Å². The van der Waals surface area contributed by atoms with E-state index in [2.05, 4.69) is 0 Å². The first kappa shape index (κ1) is 31.2. The summed E-state index contributed by atoms with van der Waals surface area (Å²) < 4.78 is 42.6. The molecule has 248 valence electrons. The van der Waals surface area contributed by atoms with Gasteiger partial charge in [-0.1, -0.05) is 24.6 Å². The van der Waals surface area contributed by atoms with Crippen molar-refractivity contribution in [2.75, 3.05) is 26.1 Å². The molecule has 1 unspecified atom stereocenters. The van der Waals surface area contributed by atoms with Gasteiger partial charge in [-0.3, -0.25) is 19.3 Å². The molecule has 7 rings (SSSR count). The van der Waals surface area contributed by atoms with E-state index in [-0.39, 0.29) is 49.4 Å². The third kappa shape index (κ3) is 5.93. The predicted octanol–water partition coefficient (Wildman–Crippen LogP) is 3.96. The number of fused-ring (bicyclic) bond motifs is 5. The molecule has 3 saturated carbocycles. The number of hydrogen-bond acceptors (Lipinski definition) is 9. The van der Waals surface area contributed by atoms with Crippen molar-refractivity contribution in [3.8, 4) is 11.5 Å². The first-order valence-electron chi connectivity index (χ1n) is 16.6. The molecule has 1 aromatic rings. The summed E-state index contributed by atoms with van der Waals surface area (Å²) in [6.45, 7) is 1.37. The van der Waals surface area contributed by atoms with Crippen LogP contribution in [0.4, 0.5) is 4.79 Å². The number of rotatable bonds is 5. The van der Waals surface area contributed by atoms with Crippen LogP contribution in [-0.4, -0.2) is 79.3 Å². The van der Waals surface area contributed by atoms with Gasteiger partial charge in [0, 0.05) is 43.5 Å². The Hall–Kier alpha value is -3.41. The molecule has 5 atom stereocenters. The molecule has 6 aliphatic rings. The molecule has 3 aliphatic carbocycles. The van der Waals surface area contributed by atoms with E-state index < -0.39 is 50.3 Å². The average molecular weight is 655 g/mol. The number of hydrogen-bond donors (Lipinski definition) is 0. The number of amides is 2. The van der Waals surface area contributed by atoms with Crippen LogP contribution in [0, 0.1) is 23.2 Å². The Morgan fingerprint density at radius 3 is 2.65 bits per heavy atom. The van der Waals surface area contributed by atoms with Gasteiger partial charge in [0.05, 0.1) is 17.7 Å². The summed E-state index contributed by atoms with van der Waals surface area (Å²) in [6, 6.07) is 3.75. The molecular weight excluding hydrogens is 612 g/mol. The van der Waals surface area contributed by atoms with Crippen molar-refractivity contribution in [1.82, 2.24) is 9.80 Å². The largest absolute Gasteiger partial charge is 0.454 e. The maximum Gasteiger partial charge on any atom is 0.410 e. The number of carbonyl (C=O) groups is 4. The number of ketones is 2. The van der Waals surface area contributed by atoms with Crippen LogP contribution in [0.25, 0.3) is 0 Å². The van der Waals surface area contributed by atoms with Crippen molar-refractivity contribution in [1.29, 1.82) is 0 Å². The highest BCUT2D eigenvalue weighted by Gasteiger charge is 2.61. The van der Waals surface area contributed by atoms with E-state index in [0.29, 0.717) is 50.4 Å². The summed E-state index contributed by atoms with van der Waals surface area (Å²) >= 11 is 0. The van der Waals surface area contributed by atoms with E-state index in [1.165, 1.54) is 0 Å². The van der Waals surface area contributed by atoms with Gasteiger partial charge in [0.2, 0.25) is 12.7 Å². The van der Waals surface area contributed by atoms with Gasteiger partial charge in [0.1, 0.15) is 17.6 Å². The molecule has 0 aromatic heterocycles. The minimum absolute atomic E-state index is 0.103. The van der Waals surface area contributed by atoms with E-state index in [0.717, 1.165) is 36.8 Å². The number of nitrogens with zero attached hydrogens (tertiary/aromatic N) is 2. The van der Waals surface area contributed by atoms with Crippen molar-refractivity contribution in [3.63, 3.8) is 0 Å². The van der Waals surface area contributed by atoms with Crippen LogP contribution in [0.2, 0.25) is 0 Å². The molecule has 0 saturated heterocycles. The van der Waals surface area contributed by atoms with Gasteiger partial charge in [0.25, 0.3) is 0 Å². The lowest BCUT2D eigenvalue weighted by Crippen LogP contribution is -2.38. The van der Waals surface area contributed by atoms with Crippen molar-refractivity contribution in [3.05, 3.63) is 35.4 Å². The molecule has 0 spiro atoms. The Bertz CT molecular complexity index is 1580. The lowest BCUT2D eigenvalue weighted by Gasteiger charge is -2.25. The van der Waals surface area contributed by atoms with E-state index in [9.17, 15) is 27.6 Å². The lowest BCUT2D eigenvalue weighted by atomic mass is 9.82. The molecule has 3 aliphatic heterocycles. The number of benzene rings is 1. The van der Waals surface area contributed by atoms with Crippen LogP contribution < -0.4 is 9.47 Å². The Kier molecular flexibility index (Phi) is 8.13. The minimum Gasteiger partial charge on any atom is -0.454 e. The Balaban J connectivity index is 1.08. The third-order valence-corrected chi connectivity index (χ3v) is 13.0. The number of Topliss-reactive ketones (excluding diaryl/α,β-unsaturated/α-hetero) is 2. The van der Waals surface area contributed by atoms with Crippen LogP contribution in [0.15, 0.2) is 24.3 Å². The van der Waals surface area contributed by atoms with Crippen LogP contribution >= 0.6 is 0 Å². The molecule has 46 heavy (non-hydrogen) atoms. The number of allylic oxidation sites excluding steroid dienone is 2. The van der Waals surface area contributed by atoms with Crippen LogP contribution in [-0.2, 0) is 42.0 Å². The van der Waals surface area contributed by atoms with Gasteiger partial charge in [-0.2, -0.15) is 0 Å². The van der Waals surface area contributed by atoms with Crippen LogP contribution in [0.3, 0.4) is 0 Å². The fourth-order valence-corrected chi connectivity index (χ4v) is 9.61. The first-order chi connectivity index (χ1) is 22.1. The summed E-state index contributed by atoms with van der Waals surface area (Å²) in [7, 11) is -1.79. The maximum atomic E-state index is 14.1. The molecule has 3 fully saturated rings. The predicted molar refractivity (Wildman–Crippen MR) is 166 cm³/mol. The van der Waals surface area contributed by atoms with Gasteiger partial charge >= 0.3 is 6.09 Å². The summed E-state index contributed by atoms with van der Waals surface area (Å²) in [4.78, 5) is 58.2. The zero-order valence-corrected chi connectivity index (χ0v) is 27.1. The fourth-order valence-electron chi connectivity index (χ4n) is 7.87. The van der Waals surface area contributed by atoms with Crippen LogP contribution in [0.1, 0.15) is 75.3 Å².